The van der Waals surface area contributed by atoms with E-state index in [1.807, 2.05) is 6.07 Å². The number of carboxylic acids is 1. The largest absolute Gasteiger partial charge is 0.481 e. The van der Waals surface area contributed by atoms with Crippen LogP contribution in [-0.2, 0) is 16.0 Å². The maximum absolute atomic E-state index is 11.9. The van der Waals surface area contributed by atoms with Crippen LogP contribution in [0.5, 0.6) is 0 Å². The van der Waals surface area contributed by atoms with Gasteiger partial charge in [-0.1, -0.05) is 31.9 Å². The minimum absolute atomic E-state index is 0.0768. The molecule has 0 saturated carbocycles. The summed E-state index contributed by atoms with van der Waals surface area (Å²) in [5, 5.41) is 11.4. The summed E-state index contributed by atoms with van der Waals surface area (Å²) in [4.78, 5) is 22.4. The number of nitrogens with one attached hydrogen (secondary N) is 1. The fourth-order valence-corrected chi connectivity index (χ4v) is 1.85. The third kappa shape index (κ3) is 5.84. The molecule has 1 aromatic rings. The van der Waals surface area contributed by atoms with Gasteiger partial charge in [0.15, 0.2) is 0 Å². The van der Waals surface area contributed by atoms with Crippen LogP contribution in [0.2, 0.25) is 0 Å². The van der Waals surface area contributed by atoms with Crippen molar-refractivity contribution >= 4 is 17.6 Å². The quantitative estimate of drug-likeness (QED) is 0.679. The second-order valence-corrected chi connectivity index (χ2v) is 4.83. The van der Waals surface area contributed by atoms with Gasteiger partial charge in [0, 0.05) is 12.1 Å². The van der Waals surface area contributed by atoms with Crippen LogP contribution in [0.15, 0.2) is 24.3 Å². The molecule has 0 aliphatic carbocycles. The molecule has 110 valence electrons. The van der Waals surface area contributed by atoms with Gasteiger partial charge in [-0.25, -0.2) is 0 Å². The van der Waals surface area contributed by atoms with Gasteiger partial charge in [-0.05, 0) is 30.5 Å². The lowest BCUT2D eigenvalue weighted by atomic mass is 10.1. The zero-order valence-electron chi connectivity index (χ0n) is 11.8. The Bertz CT molecular complexity index is 460. The molecule has 0 heterocycles. The molecule has 4 N–H and O–H groups in total. The number of hydrogen-bond donors (Lipinski definition) is 3. The number of amides is 1. The van der Waals surface area contributed by atoms with Crippen LogP contribution in [-0.4, -0.2) is 23.0 Å². The van der Waals surface area contributed by atoms with Gasteiger partial charge in [0.1, 0.15) is 0 Å². The number of rotatable bonds is 8. The zero-order valence-corrected chi connectivity index (χ0v) is 11.8. The standard InChI is InChI=1S/C15H22N2O3/c1-2-3-7-13(16)15(20)17-12-6-4-5-11(10-12)8-9-14(18)19/h4-6,10,13H,2-3,7-9,16H2,1H3,(H,17,20)(H,18,19). The Morgan fingerprint density at radius 3 is 2.80 bits per heavy atom. The van der Waals surface area contributed by atoms with Crippen molar-refractivity contribution < 1.29 is 14.7 Å². The summed E-state index contributed by atoms with van der Waals surface area (Å²) < 4.78 is 0. The van der Waals surface area contributed by atoms with E-state index in [9.17, 15) is 9.59 Å². The molecule has 5 nitrogen and oxygen atoms in total. The van der Waals surface area contributed by atoms with E-state index in [-0.39, 0.29) is 12.3 Å². The Morgan fingerprint density at radius 2 is 2.15 bits per heavy atom. The van der Waals surface area contributed by atoms with E-state index in [4.69, 9.17) is 10.8 Å². The fraction of sp³-hybridized carbons (Fsp3) is 0.467. The van der Waals surface area contributed by atoms with Gasteiger partial charge in [-0.3, -0.25) is 9.59 Å². The normalized spacial score (nSPS) is 11.9. The number of benzene rings is 1. The molecule has 0 spiro atoms. The van der Waals surface area contributed by atoms with E-state index in [1.165, 1.54) is 0 Å². The lowest BCUT2D eigenvalue weighted by molar-refractivity contribution is -0.137. The van der Waals surface area contributed by atoms with Crippen LogP contribution in [0.1, 0.15) is 38.2 Å². The molecule has 1 unspecified atom stereocenters. The zero-order chi connectivity index (χ0) is 15.0. The number of anilines is 1. The van der Waals surface area contributed by atoms with Crippen molar-refractivity contribution in [2.75, 3.05) is 5.32 Å². The van der Waals surface area contributed by atoms with E-state index < -0.39 is 12.0 Å². The Labute approximate surface area is 119 Å². The van der Waals surface area contributed by atoms with Crippen molar-refractivity contribution in [1.29, 1.82) is 0 Å². The smallest absolute Gasteiger partial charge is 0.303 e. The van der Waals surface area contributed by atoms with E-state index in [0.29, 0.717) is 18.5 Å². The lowest BCUT2D eigenvalue weighted by Gasteiger charge is -2.12. The van der Waals surface area contributed by atoms with Gasteiger partial charge < -0.3 is 16.2 Å². The molecule has 5 heteroatoms. The molecule has 0 bridgehead atoms. The predicted octanol–water partition coefficient (Wildman–Crippen LogP) is 2.16. The average molecular weight is 278 g/mol. The van der Waals surface area contributed by atoms with Gasteiger partial charge in [0.25, 0.3) is 0 Å². The van der Waals surface area contributed by atoms with Crippen LogP contribution in [0, 0.1) is 0 Å². The van der Waals surface area contributed by atoms with Gasteiger partial charge in [-0.2, -0.15) is 0 Å². The summed E-state index contributed by atoms with van der Waals surface area (Å²) in [5.41, 5.74) is 7.34. The number of unbranched alkanes of at least 4 members (excludes halogenated alkanes) is 1. The summed E-state index contributed by atoms with van der Waals surface area (Å²) in [6.45, 7) is 2.05. The van der Waals surface area contributed by atoms with Crippen LogP contribution < -0.4 is 11.1 Å². The predicted molar refractivity (Wildman–Crippen MR) is 78.5 cm³/mol. The summed E-state index contributed by atoms with van der Waals surface area (Å²) in [6, 6.07) is 6.69. The van der Waals surface area contributed by atoms with Gasteiger partial charge >= 0.3 is 5.97 Å². The first-order valence-corrected chi connectivity index (χ1v) is 6.90. The van der Waals surface area contributed by atoms with E-state index >= 15 is 0 Å². The van der Waals surface area contributed by atoms with E-state index in [1.54, 1.807) is 18.2 Å². The molecule has 1 atom stereocenters. The van der Waals surface area contributed by atoms with Crippen molar-refractivity contribution in [3.8, 4) is 0 Å². The van der Waals surface area contributed by atoms with Crippen molar-refractivity contribution in [2.24, 2.45) is 5.73 Å². The minimum Gasteiger partial charge on any atom is -0.481 e. The molecular formula is C15H22N2O3. The number of carboxylic acid groups (broad SMARTS) is 1. The SMILES string of the molecule is CCCCC(N)C(=O)Nc1cccc(CCC(=O)O)c1. The molecule has 0 fully saturated rings. The van der Waals surface area contributed by atoms with Crippen molar-refractivity contribution in [3.05, 3.63) is 29.8 Å². The minimum atomic E-state index is -0.832. The molecule has 1 aromatic carbocycles. The molecule has 20 heavy (non-hydrogen) atoms. The number of carbonyl (C=O) groups excluding carboxylic acids is 1. The lowest BCUT2D eigenvalue weighted by Crippen LogP contribution is -2.35. The highest BCUT2D eigenvalue weighted by Crippen LogP contribution is 2.13. The number of carbonyl (C=O) groups is 2. The van der Waals surface area contributed by atoms with Gasteiger partial charge in [0.2, 0.25) is 5.91 Å². The second kappa shape index (κ2) is 8.32. The van der Waals surface area contributed by atoms with Crippen LogP contribution in [0.4, 0.5) is 5.69 Å². The maximum Gasteiger partial charge on any atom is 0.303 e. The highest BCUT2D eigenvalue weighted by atomic mass is 16.4. The van der Waals surface area contributed by atoms with Crippen molar-refractivity contribution in [3.63, 3.8) is 0 Å². The molecule has 0 aliphatic heterocycles. The first-order valence-electron chi connectivity index (χ1n) is 6.90. The van der Waals surface area contributed by atoms with Crippen LogP contribution in [0.3, 0.4) is 0 Å². The topological polar surface area (TPSA) is 92.4 Å². The first kappa shape index (κ1) is 16.2. The third-order valence-electron chi connectivity index (χ3n) is 3.03. The molecule has 1 rings (SSSR count). The average Bonchev–Trinajstić information content (AvgIpc) is 2.42. The van der Waals surface area contributed by atoms with Crippen molar-refractivity contribution in [1.82, 2.24) is 0 Å². The molecule has 0 radical (unpaired) electrons. The monoisotopic (exact) mass is 278 g/mol. The highest BCUT2D eigenvalue weighted by Gasteiger charge is 2.12. The number of aryl methyl sites for hydroxylation is 1. The number of hydrogen-bond acceptors (Lipinski definition) is 3. The van der Waals surface area contributed by atoms with E-state index in [0.717, 1.165) is 18.4 Å². The van der Waals surface area contributed by atoms with Crippen LogP contribution in [0.25, 0.3) is 0 Å². The summed E-state index contributed by atoms with van der Waals surface area (Å²) in [6.07, 6.45) is 3.12. The Balaban J connectivity index is 2.56. The molecular weight excluding hydrogens is 256 g/mol. The summed E-state index contributed by atoms with van der Waals surface area (Å²) >= 11 is 0. The maximum atomic E-state index is 11.9. The highest BCUT2D eigenvalue weighted by molar-refractivity contribution is 5.94. The van der Waals surface area contributed by atoms with Gasteiger partial charge in [0.05, 0.1) is 6.04 Å². The first-order chi connectivity index (χ1) is 9.52. The summed E-state index contributed by atoms with van der Waals surface area (Å²) in [7, 11) is 0. The fourth-order valence-electron chi connectivity index (χ4n) is 1.85. The molecule has 0 aliphatic rings. The molecule has 0 saturated heterocycles. The Morgan fingerprint density at radius 1 is 1.40 bits per heavy atom. The summed E-state index contributed by atoms with van der Waals surface area (Å²) in [5.74, 6) is -1.03. The third-order valence-corrected chi connectivity index (χ3v) is 3.03. The van der Waals surface area contributed by atoms with E-state index in [2.05, 4.69) is 12.2 Å². The Kier molecular flexibility index (Phi) is 6.73. The van der Waals surface area contributed by atoms with Crippen molar-refractivity contribution in [2.45, 2.75) is 45.1 Å². The molecule has 0 aromatic heterocycles. The Hall–Kier alpha value is -1.88. The second-order valence-electron chi connectivity index (χ2n) is 4.83. The number of nitrogens with two attached hydrogens (primary N) is 1. The van der Waals surface area contributed by atoms with Crippen LogP contribution >= 0.6 is 0 Å². The van der Waals surface area contributed by atoms with Gasteiger partial charge in [-0.15, -0.1) is 0 Å². The molecule has 1 amide bonds. The number of aliphatic carboxylic acids is 1.